The monoisotopic (exact) mass is 211 g/mol. The maximum absolute atomic E-state index is 2.26. The fourth-order valence-electron chi connectivity index (χ4n) is 0.861. The van der Waals surface area contributed by atoms with Crippen LogP contribution in [0.1, 0.15) is 20.3 Å². The third kappa shape index (κ3) is 3.25. The Morgan fingerprint density at radius 2 is 1.80 bits per heavy atom. The molecule has 1 aliphatic carbocycles. The molecule has 0 radical (unpaired) electrons. The van der Waals surface area contributed by atoms with Crippen molar-refractivity contribution in [3.8, 4) is 0 Å². The van der Waals surface area contributed by atoms with Crippen LogP contribution in [0.25, 0.3) is 0 Å². The van der Waals surface area contributed by atoms with Gasteiger partial charge in [-0.25, -0.2) is 0 Å². The van der Waals surface area contributed by atoms with Gasteiger partial charge in [-0.1, -0.05) is 0 Å². The largest absolute Gasteiger partial charge is 1.00 e. The molecule has 0 unspecified atom stereocenters. The fourth-order valence-corrected chi connectivity index (χ4v) is 1.61. The van der Waals surface area contributed by atoms with Crippen molar-refractivity contribution in [3.05, 3.63) is 21.1 Å². The molecule has 1 aliphatic rings. The first-order valence-corrected chi connectivity index (χ1v) is 3.57. The van der Waals surface area contributed by atoms with E-state index in [2.05, 4.69) is 40.4 Å². The molecule has 0 nitrogen and oxygen atoms in total. The SMILES string of the molecule is CC1=C(C)C[C]([Ti+2])=C1.[Cl-].[Cl-]. The van der Waals surface area contributed by atoms with Crippen molar-refractivity contribution >= 4 is 0 Å². The molecule has 0 N–H and O–H groups in total. The molecule has 0 aromatic heterocycles. The Balaban J connectivity index is 0. The van der Waals surface area contributed by atoms with Gasteiger partial charge in [-0.2, -0.15) is 0 Å². The van der Waals surface area contributed by atoms with Crippen molar-refractivity contribution in [2.45, 2.75) is 20.3 Å². The van der Waals surface area contributed by atoms with Crippen molar-refractivity contribution in [2.75, 3.05) is 0 Å². The van der Waals surface area contributed by atoms with E-state index in [0.717, 1.165) is 0 Å². The van der Waals surface area contributed by atoms with Crippen LogP contribution >= 0.6 is 0 Å². The quantitative estimate of drug-likeness (QED) is 0.361. The zero-order valence-corrected chi connectivity index (χ0v) is 9.11. The van der Waals surface area contributed by atoms with E-state index in [1.54, 1.807) is 0 Å². The Hall–Kier alpha value is 0.774. The normalized spacial score (nSPS) is 15.8. The van der Waals surface area contributed by atoms with Crippen LogP contribution < -0.4 is 24.8 Å². The van der Waals surface area contributed by atoms with Crippen molar-refractivity contribution in [1.29, 1.82) is 0 Å². The van der Waals surface area contributed by atoms with E-state index in [1.807, 2.05) is 0 Å². The fraction of sp³-hybridized carbons (Fsp3) is 0.429. The molecule has 0 heterocycles. The molecule has 0 atom stereocenters. The standard InChI is InChI=1S/C7H9.2ClH.Ti/c1-6-4-3-5-7(6)2;;;/h4H,5H2,1-2H3;2*1H;/q;;;+2/p-2. The van der Waals surface area contributed by atoms with E-state index in [-0.39, 0.29) is 24.8 Å². The molecule has 0 bridgehead atoms. The van der Waals surface area contributed by atoms with E-state index < -0.39 is 0 Å². The van der Waals surface area contributed by atoms with Crippen molar-refractivity contribution in [1.82, 2.24) is 0 Å². The van der Waals surface area contributed by atoms with Crippen LogP contribution in [-0.2, 0) is 20.4 Å². The molecule has 55 valence electrons. The van der Waals surface area contributed by atoms with Gasteiger partial charge in [0.05, 0.1) is 0 Å². The maximum atomic E-state index is 2.26. The minimum absolute atomic E-state index is 0. The molecule has 3 heteroatoms. The number of hydrogen-bond donors (Lipinski definition) is 0. The minimum Gasteiger partial charge on any atom is -1.00 e. The average Bonchev–Trinajstić information content (AvgIpc) is 1.85. The van der Waals surface area contributed by atoms with E-state index in [1.165, 1.54) is 21.4 Å². The predicted molar refractivity (Wildman–Crippen MR) is 31.1 cm³/mol. The van der Waals surface area contributed by atoms with Crippen LogP contribution in [0.2, 0.25) is 0 Å². The second kappa shape index (κ2) is 5.43. The third-order valence-electron chi connectivity index (χ3n) is 1.52. The summed E-state index contributed by atoms with van der Waals surface area (Å²) >= 11 is 2.18. The van der Waals surface area contributed by atoms with Crippen LogP contribution in [0, 0.1) is 0 Å². The van der Waals surface area contributed by atoms with Gasteiger partial charge in [0.15, 0.2) is 0 Å². The molecular weight excluding hydrogens is 203 g/mol. The van der Waals surface area contributed by atoms with Crippen LogP contribution in [0.15, 0.2) is 21.1 Å². The van der Waals surface area contributed by atoms with Gasteiger partial charge in [0.1, 0.15) is 0 Å². The molecule has 0 fully saturated rings. The first kappa shape index (κ1) is 13.4. The molecule has 0 amide bonds. The van der Waals surface area contributed by atoms with Gasteiger partial charge in [-0.05, 0) is 0 Å². The summed E-state index contributed by atoms with van der Waals surface area (Å²) in [5, 5.41) is 0. The van der Waals surface area contributed by atoms with Gasteiger partial charge in [0.2, 0.25) is 0 Å². The molecule has 0 aliphatic heterocycles. The molecule has 0 spiro atoms. The van der Waals surface area contributed by atoms with Crippen LogP contribution in [0.5, 0.6) is 0 Å². The van der Waals surface area contributed by atoms with Crippen molar-refractivity contribution < 1.29 is 45.2 Å². The molecule has 0 saturated heterocycles. The van der Waals surface area contributed by atoms with Crippen LogP contribution in [-0.4, -0.2) is 0 Å². The summed E-state index contributed by atoms with van der Waals surface area (Å²) in [5.74, 6) is 0. The second-order valence-corrected chi connectivity index (χ2v) is 3.31. The van der Waals surface area contributed by atoms with Gasteiger partial charge < -0.3 is 24.8 Å². The summed E-state index contributed by atoms with van der Waals surface area (Å²) in [6.07, 6.45) is 3.46. The summed E-state index contributed by atoms with van der Waals surface area (Å²) in [6.45, 7) is 4.37. The van der Waals surface area contributed by atoms with Gasteiger partial charge >= 0.3 is 61.8 Å². The summed E-state index contributed by atoms with van der Waals surface area (Å²) < 4.78 is 1.50. The van der Waals surface area contributed by atoms with E-state index in [9.17, 15) is 0 Å². The second-order valence-electron chi connectivity index (χ2n) is 2.31. The van der Waals surface area contributed by atoms with Gasteiger partial charge in [0, 0.05) is 0 Å². The first-order chi connectivity index (χ1) is 3.70. The zero-order chi connectivity index (χ0) is 6.15. The molecular formula is C7H9Cl2Ti. The van der Waals surface area contributed by atoms with E-state index >= 15 is 0 Å². The Bertz CT molecular complexity index is 170. The Morgan fingerprint density at radius 3 is 1.90 bits per heavy atom. The smallest absolute Gasteiger partial charge is 1.00 e. The van der Waals surface area contributed by atoms with Crippen LogP contribution in [0.4, 0.5) is 0 Å². The predicted octanol–water partition coefficient (Wildman–Crippen LogP) is -3.83. The maximum Gasteiger partial charge on any atom is -1.00 e. The topological polar surface area (TPSA) is 0 Å². The molecule has 1 rings (SSSR count). The van der Waals surface area contributed by atoms with Crippen molar-refractivity contribution in [3.63, 3.8) is 0 Å². The van der Waals surface area contributed by atoms with Gasteiger partial charge in [-0.15, -0.1) is 0 Å². The summed E-state index contributed by atoms with van der Waals surface area (Å²) in [7, 11) is 0. The summed E-state index contributed by atoms with van der Waals surface area (Å²) in [6, 6.07) is 0. The average molecular weight is 212 g/mol. The number of rotatable bonds is 0. The summed E-state index contributed by atoms with van der Waals surface area (Å²) in [4.78, 5) is 0. The van der Waals surface area contributed by atoms with Gasteiger partial charge in [-0.3, -0.25) is 0 Å². The molecule has 0 saturated carbocycles. The Morgan fingerprint density at radius 1 is 1.30 bits per heavy atom. The van der Waals surface area contributed by atoms with Crippen LogP contribution in [0.3, 0.4) is 0 Å². The number of hydrogen-bond acceptors (Lipinski definition) is 0. The Labute approximate surface area is 86.4 Å². The summed E-state index contributed by atoms with van der Waals surface area (Å²) in [5.41, 5.74) is 2.99. The Kier molecular flexibility index (Phi) is 7.26. The number of allylic oxidation sites excluding steroid dienone is 4. The van der Waals surface area contributed by atoms with E-state index in [4.69, 9.17) is 0 Å². The van der Waals surface area contributed by atoms with Crippen molar-refractivity contribution in [2.24, 2.45) is 0 Å². The zero-order valence-electron chi connectivity index (χ0n) is 6.04. The molecule has 0 aromatic carbocycles. The molecule has 10 heavy (non-hydrogen) atoms. The molecule has 0 aromatic rings. The van der Waals surface area contributed by atoms with E-state index in [0.29, 0.717) is 0 Å². The third-order valence-corrected chi connectivity index (χ3v) is 2.02. The van der Waals surface area contributed by atoms with Gasteiger partial charge in [0.25, 0.3) is 0 Å². The first-order valence-electron chi connectivity index (χ1n) is 2.78. The number of halogens is 2. The minimum atomic E-state index is 0.